The van der Waals surface area contributed by atoms with Crippen LogP contribution in [0, 0.1) is 0 Å². The van der Waals surface area contributed by atoms with E-state index in [1.54, 1.807) is 31.4 Å². The third kappa shape index (κ3) is 5.10. The number of rotatable bonds is 8. The van der Waals surface area contributed by atoms with E-state index in [2.05, 4.69) is 15.5 Å². The summed E-state index contributed by atoms with van der Waals surface area (Å²) in [7, 11) is 1.60. The molecule has 0 saturated carbocycles. The molecule has 0 radical (unpaired) electrons. The van der Waals surface area contributed by atoms with Crippen LogP contribution in [0.2, 0.25) is 0 Å². The number of hydrogen-bond acceptors (Lipinski definition) is 7. The fourth-order valence-electron chi connectivity index (χ4n) is 3.32. The molecule has 1 heterocycles. The highest BCUT2D eigenvalue weighted by atomic mass is 32.2. The Morgan fingerprint density at radius 3 is 2.41 bits per heavy atom. The number of aromatic nitrogens is 3. The molecule has 1 atom stereocenters. The molecule has 4 rings (SSSR count). The number of nitrogens with zero attached hydrogens (tertiary/aromatic N) is 3. The molecule has 9 heteroatoms. The number of hydrogen-bond donors (Lipinski definition) is 2. The first kappa shape index (κ1) is 23.1. The molecule has 0 aliphatic heterocycles. The van der Waals surface area contributed by atoms with E-state index in [4.69, 9.17) is 10.6 Å². The van der Waals surface area contributed by atoms with Crippen LogP contribution in [0.15, 0.2) is 84.0 Å². The summed E-state index contributed by atoms with van der Waals surface area (Å²) in [6.45, 7) is 1.48. The van der Waals surface area contributed by atoms with Crippen molar-refractivity contribution < 1.29 is 14.3 Å². The number of anilines is 1. The van der Waals surface area contributed by atoms with Gasteiger partial charge in [-0.2, -0.15) is 0 Å². The van der Waals surface area contributed by atoms with Gasteiger partial charge >= 0.3 is 0 Å². The van der Waals surface area contributed by atoms with Crippen molar-refractivity contribution in [2.24, 2.45) is 0 Å². The van der Waals surface area contributed by atoms with Gasteiger partial charge in [0.15, 0.2) is 11.6 Å². The largest absolute Gasteiger partial charge is 0.497 e. The lowest BCUT2D eigenvalue weighted by Gasteiger charge is -2.17. The van der Waals surface area contributed by atoms with Crippen molar-refractivity contribution in [3.05, 3.63) is 90.0 Å². The van der Waals surface area contributed by atoms with Crippen LogP contribution in [0.4, 0.5) is 5.69 Å². The molecule has 0 fully saturated rings. The maximum atomic E-state index is 13.3. The standard InChI is InChI=1S/C25H23N5O3S/c1-16(31)19-9-6-10-20(15-19)27-24(32)22(17-7-4-3-5-8-17)34-25-29-28-23(30(25)26)18-11-13-21(33-2)14-12-18/h3-15,22H,26H2,1-2H3,(H,27,32)/t22-/m1/s1. The second-order valence-electron chi connectivity index (χ2n) is 7.44. The Balaban J connectivity index is 1.61. The van der Waals surface area contributed by atoms with E-state index in [0.717, 1.165) is 16.9 Å². The Morgan fingerprint density at radius 2 is 1.74 bits per heavy atom. The van der Waals surface area contributed by atoms with Crippen LogP contribution >= 0.6 is 11.8 Å². The van der Waals surface area contributed by atoms with E-state index in [0.29, 0.717) is 22.2 Å². The third-order valence-electron chi connectivity index (χ3n) is 5.11. The molecule has 0 spiro atoms. The van der Waals surface area contributed by atoms with Crippen LogP contribution in [0.1, 0.15) is 28.1 Å². The van der Waals surface area contributed by atoms with Crippen molar-refractivity contribution in [1.29, 1.82) is 0 Å². The van der Waals surface area contributed by atoms with Gasteiger partial charge < -0.3 is 15.9 Å². The molecule has 0 aliphatic carbocycles. The highest BCUT2D eigenvalue weighted by molar-refractivity contribution is 8.00. The van der Waals surface area contributed by atoms with Crippen molar-refractivity contribution in [2.75, 3.05) is 18.3 Å². The molecule has 3 N–H and O–H groups in total. The smallest absolute Gasteiger partial charge is 0.242 e. The zero-order valence-corrected chi connectivity index (χ0v) is 19.5. The zero-order valence-electron chi connectivity index (χ0n) is 18.6. The lowest BCUT2D eigenvalue weighted by atomic mass is 10.1. The Hall–Kier alpha value is -4.11. The average Bonchev–Trinajstić information content (AvgIpc) is 3.23. The number of nitrogen functional groups attached to an aromatic ring is 1. The highest BCUT2D eigenvalue weighted by Gasteiger charge is 2.26. The van der Waals surface area contributed by atoms with E-state index >= 15 is 0 Å². The van der Waals surface area contributed by atoms with Crippen molar-refractivity contribution in [3.63, 3.8) is 0 Å². The van der Waals surface area contributed by atoms with Gasteiger partial charge in [0.1, 0.15) is 11.0 Å². The van der Waals surface area contributed by atoms with Crippen LogP contribution in [0.25, 0.3) is 11.4 Å². The maximum absolute atomic E-state index is 13.3. The van der Waals surface area contributed by atoms with Gasteiger partial charge in [-0.3, -0.25) is 9.59 Å². The van der Waals surface area contributed by atoms with Gasteiger partial charge in [-0.25, -0.2) is 4.68 Å². The molecule has 172 valence electrons. The van der Waals surface area contributed by atoms with Crippen molar-refractivity contribution in [1.82, 2.24) is 14.9 Å². The molecule has 34 heavy (non-hydrogen) atoms. The summed E-state index contributed by atoms with van der Waals surface area (Å²) < 4.78 is 6.56. The van der Waals surface area contributed by atoms with Crippen LogP contribution in [-0.4, -0.2) is 33.7 Å². The number of carbonyl (C=O) groups is 2. The minimum Gasteiger partial charge on any atom is -0.497 e. The highest BCUT2D eigenvalue weighted by Crippen LogP contribution is 2.36. The summed E-state index contributed by atoms with van der Waals surface area (Å²) in [5.41, 5.74) is 2.60. The van der Waals surface area contributed by atoms with E-state index in [1.807, 2.05) is 54.6 Å². The van der Waals surface area contributed by atoms with Crippen molar-refractivity contribution in [3.8, 4) is 17.1 Å². The van der Waals surface area contributed by atoms with Crippen LogP contribution in [0.5, 0.6) is 5.75 Å². The number of carbonyl (C=O) groups excluding carboxylic acids is 2. The van der Waals surface area contributed by atoms with Gasteiger partial charge in [-0.1, -0.05) is 54.2 Å². The number of ketones is 1. The number of benzene rings is 3. The van der Waals surface area contributed by atoms with Gasteiger partial charge in [-0.05, 0) is 48.9 Å². The van der Waals surface area contributed by atoms with Gasteiger partial charge in [0, 0.05) is 16.8 Å². The minimum atomic E-state index is -0.655. The molecule has 4 aromatic rings. The monoisotopic (exact) mass is 473 g/mol. The van der Waals surface area contributed by atoms with Crippen molar-refractivity contribution >= 4 is 29.1 Å². The SMILES string of the molecule is COc1ccc(-c2nnc(S[C@@H](C(=O)Nc3cccc(C(C)=O)c3)c3ccccc3)n2N)cc1. The summed E-state index contributed by atoms with van der Waals surface area (Å²) in [4.78, 5) is 25.0. The van der Waals surface area contributed by atoms with Gasteiger partial charge in [0.05, 0.1) is 7.11 Å². The Kier molecular flexibility index (Phi) is 6.93. The fourth-order valence-corrected chi connectivity index (χ4v) is 4.28. The Morgan fingerprint density at radius 1 is 1.00 bits per heavy atom. The number of amides is 1. The third-order valence-corrected chi connectivity index (χ3v) is 6.32. The summed E-state index contributed by atoms with van der Waals surface area (Å²) >= 11 is 1.19. The number of Topliss-reactive ketones (excluding diaryl/α,β-unsaturated/α-hetero) is 1. The predicted molar refractivity (Wildman–Crippen MR) is 132 cm³/mol. The second kappa shape index (κ2) is 10.2. The molecule has 1 amide bonds. The van der Waals surface area contributed by atoms with Crippen molar-refractivity contribution in [2.45, 2.75) is 17.3 Å². The molecule has 3 aromatic carbocycles. The first-order chi connectivity index (χ1) is 16.5. The molecule has 0 bridgehead atoms. The lowest BCUT2D eigenvalue weighted by molar-refractivity contribution is -0.115. The number of nitrogens with one attached hydrogen (secondary N) is 1. The molecular formula is C25H23N5O3S. The second-order valence-corrected chi connectivity index (χ2v) is 8.51. The molecule has 8 nitrogen and oxygen atoms in total. The topological polar surface area (TPSA) is 112 Å². The minimum absolute atomic E-state index is 0.0765. The van der Waals surface area contributed by atoms with Gasteiger partial charge in [0.25, 0.3) is 0 Å². The van der Waals surface area contributed by atoms with Gasteiger partial charge in [0.2, 0.25) is 11.1 Å². The van der Waals surface area contributed by atoms with E-state index in [1.165, 1.54) is 23.4 Å². The van der Waals surface area contributed by atoms with Crippen LogP contribution in [-0.2, 0) is 4.79 Å². The first-order valence-electron chi connectivity index (χ1n) is 10.4. The first-order valence-corrected chi connectivity index (χ1v) is 11.3. The fraction of sp³-hybridized carbons (Fsp3) is 0.120. The number of nitrogens with two attached hydrogens (primary N) is 1. The van der Waals surface area contributed by atoms with Crippen LogP contribution in [0.3, 0.4) is 0 Å². The molecule has 0 unspecified atom stereocenters. The molecule has 0 saturated heterocycles. The molecular weight excluding hydrogens is 450 g/mol. The zero-order chi connectivity index (χ0) is 24.1. The van der Waals surface area contributed by atoms with Crippen LogP contribution < -0.4 is 15.9 Å². The summed E-state index contributed by atoms with van der Waals surface area (Å²) in [6, 6.07) is 23.5. The van der Waals surface area contributed by atoms with Gasteiger partial charge in [-0.15, -0.1) is 10.2 Å². The van der Waals surface area contributed by atoms with E-state index in [-0.39, 0.29) is 11.7 Å². The average molecular weight is 474 g/mol. The molecule has 1 aromatic heterocycles. The number of ether oxygens (including phenoxy) is 1. The van der Waals surface area contributed by atoms with E-state index < -0.39 is 5.25 Å². The summed E-state index contributed by atoms with van der Waals surface area (Å²) in [5.74, 6) is 7.14. The predicted octanol–water partition coefficient (Wildman–Crippen LogP) is 4.34. The van der Waals surface area contributed by atoms with E-state index in [9.17, 15) is 9.59 Å². The Labute approximate surface area is 201 Å². The summed E-state index contributed by atoms with van der Waals surface area (Å²) in [6.07, 6.45) is 0. The number of methoxy groups -OCH3 is 1. The molecule has 0 aliphatic rings. The maximum Gasteiger partial charge on any atom is 0.242 e. The number of thioether (sulfide) groups is 1. The quantitative estimate of drug-likeness (QED) is 0.222. The summed E-state index contributed by atoms with van der Waals surface area (Å²) in [5, 5.41) is 11.1. The lowest BCUT2D eigenvalue weighted by Crippen LogP contribution is -2.20. The normalized spacial score (nSPS) is 11.6. The Bertz CT molecular complexity index is 1310.